The number of hydrogen-bond donors (Lipinski definition) is 3. The van der Waals surface area contributed by atoms with Crippen LogP contribution < -0.4 is 15.4 Å². The van der Waals surface area contributed by atoms with Crippen LogP contribution in [0.25, 0.3) is 0 Å². The van der Waals surface area contributed by atoms with E-state index in [2.05, 4.69) is 32.2 Å². The highest BCUT2D eigenvalue weighted by molar-refractivity contribution is 14.0. The second kappa shape index (κ2) is 13.4. The summed E-state index contributed by atoms with van der Waals surface area (Å²) in [5, 5.41) is 6.74. The van der Waals surface area contributed by atoms with E-state index in [1.807, 2.05) is 13.8 Å². The Morgan fingerprint density at radius 2 is 1.83 bits per heavy atom. The van der Waals surface area contributed by atoms with Crippen LogP contribution in [0.2, 0.25) is 0 Å². The number of benzene rings is 1. The predicted molar refractivity (Wildman–Crippen MR) is 131 cm³/mol. The largest absolute Gasteiger partial charge is 0.357 e. The van der Waals surface area contributed by atoms with Crippen LogP contribution in [0.4, 0.5) is 0 Å². The van der Waals surface area contributed by atoms with Crippen molar-refractivity contribution < 1.29 is 8.42 Å². The lowest BCUT2D eigenvalue weighted by atomic mass is 10.1. The zero-order valence-electron chi connectivity index (χ0n) is 17.8. The van der Waals surface area contributed by atoms with E-state index in [0.29, 0.717) is 12.6 Å². The SMILES string of the molecule is CCCN1CCC(NC(=NCCNS(=O)(=O)c2ccc(C)cc2)NCC)CC1.I. The first kappa shape index (κ1) is 26.1. The number of nitrogens with one attached hydrogen (secondary N) is 3. The van der Waals surface area contributed by atoms with Crippen LogP contribution in [0.5, 0.6) is 0 Å². The van der Waals surface area contributed by atoms with Gasteiger partial charge in [0.15, 0.2) is 5.96 Å². The molecule has 1 saturated heterocycles. The minimum atomic E-state index is -3.49. The van der Waals surface area contributed by atoms with Gasteiger partial charge in [0.05, 0.1) is 11.4 Å². The van der Waals surface area contributed by atoms with Gasteiger partial charge < -0.3 is 15.5 Å². The standard InChI is InChI=1S/C20H35N5O2S.HI/c1-4-14-25-15-10-18(11-16-25)24-20(21-5-2)22-12-13-23-28(26,27)19-8-6-17(3)7-9-19;/h6-9,18,23H,4-5,10-16H2,1-3H3,(H2,21,22,24);1H. The topological polar surface area (TPSA) is 85.8 Å². The molecule has 9 heteroatoms. The van der Waals surface area contributed by atoms with Crippen molar-refractivity contribution in [2.45, 2.75) is 51.0 Å². The summed E-state index contributed by atoms with van der Waals surface area (Å²) >= 11 is 0. The Bertz CT molecular complexity index is 717. The van der Waals surface area contributed by atoms with E-state index < -0.39 is 10.0 Å². The molecule has 1 fully saturated rings. The molecule has 0 spiro atoms. The molecular formula is C20H36IN5O2S. The highest BCUT2D eigenvalue weighted by Gasteiger charge is 2.19. The fourth-order valence-electron chi connectivity index (χ4n) is 3.28. The molecule has 1 aliphatic rings. The number of rotatable bonds is 9. The van der Waals surface area contributed by atoms with E-state index in [9.17, 15) is 8.42 Å². The molecule has 1 aromatic carbocycles. The molecule has 0 aromatic heterocycles. The molecule has 0 unspecified atom stereocenters. The van der Waals surface area contributed by atoms with Crippen molar-refractivity contribution in [2.75, 3.05) is 39.3 Å². The number of nitrogens with zero attached hydrogens (tertiary/aromatic N) is 2. The fraction of sp³-hybridized carbons (Fsp3) is 0.650. The summed E-state index contributed by atoms with van der Waals surface area (Å²) in [6.07, 6.45) is 3.40. The van der Waals surface area contributed by atoms with Crippen LogP contribution in [-0.4, -0.2) is 64.6 Å². The summed E-state index contributed by atoms with van der Waals surface area (Å²) in [5.41, 5.74) is 1.03. The Hall–Kier alpha value is -0.910. The average molecular weight is 538 g/mol. The molecule has 0 amide bonds. The van der Waals surface area contributed by atoms with Gasteiger partial charge in [-0.15, -0.1) is 24.0 Å². The molecular weight excluding hydrogens is 501 g/mol. The van der Waals surface area contributed by atoms with Gasteiger partial charge in [-0.2, -0.15) is 0 Å². The maximum Gasteiger partial charge on any atom is 0.240 e. The van der Waals surface area contributed by atoms with Gasteiger partial charge in [0.2, 0.25) is 10.0 Å². The number of halogens is 1. The number of piperidine rings is 1. The number of likely N-dealkylation sites (tertiary alicyclic amines) is 1. The molecule has 0 radical (unpaired) electrons. The van der Waals surface area contributed by atoms with E-state index in [4.69, 9.17) is 0 Å². The van der Waals surface area contributed by atoms with Crippen molar-refractivity contribution in [2.24, 2.45) is 4.99 Å². The maximum absolute atomic E-state index is 12.3. The Kier molecular flexibility index (Phi) is 12.1. The maximum atomic E-state index is 12.3. The Labute approximate surface area is 193 Å². The van der Waals surface area contributed by atoms with Crippen LogP contribution in [0.3, 0.4) is 0 Å². The number of aliphatic imine (C=N–C) groups is 1. The lowest BCUT2D eigenvalue weighted by Crippen LogP contribution is -2.49. The minimum Gasteiger partial charge on any atom is -0.357 e. The number of hydrogen-bond acceptors (Lipinski definition) is 4. The highest BCUT2D eigenvalue weighted by Crippen LogP contribution is 2.11. The smallest absolute Gasteiger partial charge is 0.240 e. The molecule has 2 rings (SSSR count). The van der Waals surface area contributed by atoms with E-state index >= 15 is 0 Å². The van der Waals surface area contributed by atoms with E-state index in [1.54, 1.807) is 24.3 Å². The third kappa shape index (κ3) is 9.18. The summed E-state index contributed by atoms with van der Waals surface area (Å²) < 4.78 is 27.3. The first-order valence-electron chi connectivity index (χ1n) is 10.3. The monoisotopic (exact) mass is 537 g/mol. The molecule has 1 aliphatic heterocycles. The van der Waals surface area contributed by atoms with Gasteiger partial charge in [0, 0.05) is 32.2 Å². The van der Waals surface area contributed by atoms with Crippen LogP contribution in [0, 0.1) is 6.92 Å². The Morgan fingerprint density at radius 1 is 1.17 bits per heavy atom. The molecule has 1 aromatic rings. The highest BCUT2D eigenvalue weighted by atomic mass is 127. The summed E-state index contributed by atoms with van der Waals surface area (Å²) in [6.45, 7) is 11.0. The molecule has 0 saturated carbocycles. The minimum absolute atomic E-state index is 0. The zero-order chi connectivity index (χ0) is 20.4. The molecule has 0 bridgehead atoms. The van der Waals surface area contributed by atoms with Crippen LogP contribution in [0.15, 0.2) is 34.2 Å². The van der Waals surface area contributed by atoms with Gasteiger partial charge in [0.1, 0.15) is 0 Å². The zero-order valence-corrected chi connectivity index (χ0v) is 20.9. The van der Waals surface area contributed by atoms with Crippen LogP contribution >= 0.6 is 24.0 Å². The third-order valence-corrected chi connectivity index (χ3v) is 6.29. The summed E-state index contributed by atoms with van der Waals surface area (Å²) in [6, 6.07) is 7.25. The summed E-state index contributed by atoms with van der Waals surface area (Å²) in [5.74, 6) is 0.756. The lowest BCUT2D eigenvalue weighted by molar-refractivity contribution is 0.206. The van der Waals surface area contributed by atoms with Crippen molar-refractivity contribution in [1.29, 1.82) is 0 Å². The van der Waals surface area contributed by atoms with E-state index in [0.717, 1.165) is 44.0 Å². The normalized spacial score (nSPS) is 16.3. The first-order valence-corrected chi connectivity index (χ1v) is 11.8. The van der Waals surface area contributed by atoms with E-state index in [1.165, 1.54) is 13.0 Å². The fourth-order valence-corrected chi connectivity index (χ4v) is 4.30. The number of aryl methyl sites for hydroxylation is 1. The number of guanidine groups is 1. The predicted octanol–water partition coefficient (Wildman–Crippen LogP) is 2.32. The lowest BCUT2D eigenvalue weighted by Gasteiger charge is -2.32. The van der Waals surface area contributed by atoms with Gasteiger partial charge in [-0.25, -0.2) is 13.1 Å². The molecule has 1 heterocycles. The molecule has 29 heavy (non-hydrogen) atoms. The molecule has 0 aliphatic carbocycles. The Morgan fingerprint density at radius 3 is 2.41 bits per heavy atom. The van der Waals surface area contributed by atoms with Crippen LogP contribution in [0.1, 0.15) is 38.7 Å². The van der Waals surface area contributed by atoms with Gasteiger partial charge in [-0.05, 0) is 51.8 Å². The second-order valence-corrected chi connectivity index (χ2v) is 9.00. The molecule has 166 valence electrons. The van der Waals surface area contributed by atoms with Gasteiger partial charge in [-0.1, -0.05) is 24.6 Å². The van der Waals surface area contributed by atoms with Crippen molar-refractivity contribution in [1.82, 2.24) is 20.3 Å². The Balaban J connectivity index is 0.00000420. The van der Waals surface area contributed by atoms with Crippen LogP contribution in [-0.2, 0) is 10.0 Å². The summed E-state index contributed by atoms with van der Waals surface area (Å²) in [7, 11) is -3.49. The summed E-state index contributed by atoms with van der Waals surface area (Å²) in [4.78, 5) is 7.31. The van der Waals surface area contributed by atoms with Gasteiger partial charge in [-0.3, -0.25) is 4.99 Å². The van der Waals surface area contributed by atoms with E-state index in [-0.39, 0.29) is 35.4 Å². The first-order chi connectivity index (χ1) is 13.4. The van der Waals surface area contributed by atoms with Crippen molar-refractivity contribution >= 4 is 40.0 Å². The van der Waals surface area contributed by atoms with Crippen molar-refractivity contribution in [3.63, 3.8) is 0 Å². The van der Waals surface area contributed by atoms with Gasteiger partial charge >= 0.3 is 0 Å². The molecule has 0 atom stereocenters. The molecule has 3 N–H and O–H groups in total. The van der Waals surface area contributed by atoms with Gasteiger partial charge in [0.25, 0.3) is 0 Å². The second-order valence-electron chi connectivity index (χ2n) is 7.23. The third-order valence-electron chi connectivity index (χ3n) is 4.82. The average Bonchev–Trinajstić information content (AvgIpc) is 2.67. The van der Waals surface area contributed by atoms with Crippen molar-refractivity contribution in [3.8, 4) is 0 Å². The van der Waals surface area contributed by atoms with Crippen molar-refractivity contribution in [3.05, 3.63) is 29.8 Å². The number of sulfonamides is 1. The molecule has 7 nitrogen and oxygen atoms in total. The quantitative estimate of drug-likeness (QED) is 0.195.